The molecule has 1 saturated heterocycles. The highest BCUT2D eigenvalue weighted by molar-refractivity contribution is 6.31. The predicted octanol–water partition coefficient (Wildman–Crippen LogP) is 6.09. The summed E-state index contributed by atoms with van der Waals surface area (Å²) < 4.78 is 5.84. The molecule has 1 fully saturated rings. The number of halogens is 2. The van der Waals surface area contributed by atoms with E-state index in [4.69, 9.17) is 27.9 Å². The molecule has 0 aliphatic carbocycles. The molecule has 1 amide bonds. The summed E-state index contributed by atoms with van der Waals surface area (Å²) >= 11 is 12.7. The third-order valence-corrected chi connectivity index (χ3v) is 6.96. The SMILES string of the molecule is CC(C)(C)C[C@@H]1NC(C(=O)OC(C)(C)C)[C@H](c2cccc(Cl)c2)C12C(=O)Nc1cc(Cl)ccc12. The van der Waals surface area contributed by atoms with Crippen LogP contribution in [0.2, 0.25) is 10.0 Å². The Morgan fingerprint density at radius 2 is 1.71 bits per heavy atom. The zero-order chi connectivity index (χ0) is 25.1. The molecule has 0 saturated carbocycles. The van der Waals surface area contributed by atoms with Crippen LogP contribution in [0.5, 0.6) is 0 Å². The minimum Gasteiger partial charge on any atom is -0.459 e. The van der Waals surface area contributed by atoms with Crippen LogP contribution in [0.3, 0.4) is 0 Å². The molecule has 7 heteroatoms. The number of anilines is 1. The Hall–Kier alpha value is -2.08. The van der Waals surface area contributed by atoms with Crippen LogP contribution < -0.4 is 10.6 Å². The van der Waals surface area contributed by atoms with E-state index in [1.807, 2.05) is 45.0 Å². The van der Waals surface area contributed by atoms with Gasteiger partial charge in [0.15, 0.2) is 0 Å². The lowest BCUT2D eigenvalue weighted by atomic mass is 9.62. The predicted molar refractivity (Wildman–Crippen MR) is 137 cm³/mol. The highest BCUT2D eigenvalue weighted by Gasteiger charge is 2.66. The number of carbonyl (C=O) groups is 2. The molecule has 2 aliphatic rings. The summed E-state index contributed by atoms with van der Waals surface area (Å²) in [6.45, 7) is 11.9. The van der Waals surface area contributed by atoms with E-state index in [0.717, 1.165) is 11.1 Å². The number of rotatable bonds is 3. The van der Waals surface area contributed by atoms with Crippen LogP contribution in [0, 0.1) is 5.41 Å². The Kier molecular flexibility index (Phi) is 6.29. The van der Waals surface area contributed by atoms with Crippen molar-refractivity contribution in [1.82, 2.24) is 5.32 Å². The maximum absolute atomic E-state index is 14.0. The van der Waals surface area contributed by atoms with Gasteiger partial charge in [0.1, 0.15) is 17.1 Å². The van der Waals surface area contributed by atoms with Gasteiger partial charge in [-0.25, -0.2) is 0 Å². The number of amides is 1. The summed E-state index contributed by atoms with van der Waals surface area (Å²) in [6, 6.07) is 11.8. The van der Waals surface area contributed by atoms with Gasteiger partial charge >= 0.3 is 5.97 Å². The van der Waals surface area contributed by atoms with Crippen LogP contribution >= 0.6 is 23.2 Å². The summed E-state index contributed by atoms with van der Waals surface area (Å²) in [5.74, 6) is -1.07. The third kappa shape index (κ3) is 4.46. The van der Waals surface area contributed by atoms with Crippen molar-refractivity contribution in [2.45, 2.75) is 77.0 Å². The van der Waals surface area contributed by atoms with Gasteiger partial charge in [-0.1, -0.05) is 62.2 Å². The van der Waals surface area contributed by atoms with E-state index in [-0.39, 0.29) is 23.3 Å². The minimum atomic E-state index is -1.04. The van der Waals surface area contributed by atoms with Gasteiger partial charge in [-0.15, -0.1) is 0 Å². The average Bonchev–Trinajstić information content (AvgIpc) is 3.15. The Morgan fingerprint density at radius 1 is 1.03 bits per heavy atom. The molecule has 2 heterocycles. The fraction of sp³-hybridized carbons (Fsp3) is 0.481. The van der Waals surface area contributed by atoms with Gasteiger partial charge in [0.05, 0.1) is 0 Å². The normalized spacial score (nSPS) is 26.5. The first-order valence-electron chi connectivity index (χ1n) is 11.6. The summed E-state index contributed by atoms with van der Waals surface area (Å²) in [5, 5.41) is 7.69. The molecule has 0 aromatic heterocycles. The Morgan fingerprint density at radius 3 is 2.32 bits per heavy atom. The highest BCUT2D eigenvalue weighted by atomic mass is 35.5. The topological polar surface area (TPSA) is 67.4 Å². The average molecular weight is 503 g/mol. The summed E-state index contributed by atoms with van der Waals surface area (Å²) in [6.07, 6.45) is 0.666. The Bertz CT molecular complexity index is 1140. The highest BCUT2D eigenvalue weighted by Crippen LogP contribution is 2.57. The second-order valence-corrected chi connectivity index (χ2v) is 12.4. The van der Waals surface area contributed by atoms with Crippen molar-refractivity contribution in [2.24, 2.45) is 5.41 Å². The molecule has 2 unspecified atom stereocenters. The number of hydrogen-bond donors (Lipinski definition) is 2. The number of fused-ring (bicyclic) bond motifs is 2. The lowest BCUT2D eigenvalue weighted by Crippen LogP contribution is -2.49. The number of esters is 1. The van der Waals surface area contributed by atoms with Crippen LogP contribution in [0.25, 0.3) is 0 Å². The van der Waals surface area contributed by atoms with Crippen molar-refractivity contribution in [1.29, 1.82) is 0 Å². The third-order valence-electron chi connectivity index (χ3n) is 6.49. The minimum absolute atomic E-state index is 0.109. The molecule has 2 N–H and O–H groups in total. The van der Waals surface area contributed by atoms with Gasteiger partial charge in [0, 0.05) is 27.7 Å². The first kappa shape index (κ1) is 25.0. The molecule has 1 spiro atoms. The van der Waals surface area contributed by atoms with E-state index in [2.05, 4.69) is 31.4 Å². The van der Waals surface area contributed by atoms with Gasteiger partial charge in [0.25, 0.3) is 0 Å². The van der Waals surface area contributed by atoms with Gasteiger partial charge in [-0.3, -0.25) is 14.9 Å². The Balaban J connectivity index is 1.98. The molecule has 2 aromatic rings. The first-order chi connectivity index (χ1) is 15.7. The zero-order valence-corrected chi connectivity index (χ0v) is 22.0. The van der Waals surface area contributed by atoms with Crippen molar-refractivity contribution in [3.8, 4) is 0 Å². The van der Waals surface area contributed by atoms with Crippen LogP contribution in [0.4, 0.5) is 5.69 Å². The zero-order valence-electron chi connectivity index (χ0n) is 20.5. The Labute approximate surface area is 211 Å². The van der Waals surface area contributed by atoms with E-state index in [1.54, 1.807) is 18.2 Å². The number of ether oxygens (including phenoxy) is 1. The summed E-state index contributed by atoms with van der Waals surface area (Å²) in [5.41, 5.74) is 0.498. The second-order valence-electron chi connectivity index (χ2n) is 11.5. The standard InChI is InChI=1S/C27H32Cl2N2O3/c1-25(2,3)14-20-27(18-11-10-17(29)13-19(18)30-24(27)33)21(15-8-7-9-16(28)12-15)22(31-20)23(32)34-26(4,5)6/h7-13,20-22,31H,14H2,1-6H3,(H,30,33)/t20-,21-,22?,27?/m0/s1. The van der Waals surface area contributed by atoms with Crippen LogP contribution in [0.1, 0.15) is 65.0 Å². The van der Waals surface area contributed by atoms with Crippen LogP contribution in [-0.4, -0.2) is 29.6 Å². The smallest absolute Gasteiger partial charge is 0.324 e. The van der Waals surface area contributed by atoms with Crippen molar-refractivity contribution >= 4 is 40.8 Å². The lowest BCUT2D eigenvalue weighted by Gasteiger charge is -2.37. The number of benzene rings is 2. The molecule has 182 valence electrons. The van der Waals surface area contributed by atoms with Crippen molar-refractivity contribution in [3.63, 3.8) is 0 Å². The molecular formula is C27H32Cl2N2O3. The summed E-state index contributed by atoms with van der Waals surface area (Å²) in [4.78, 5) is 27.6. The number of hydrogen-bond acceptors (Lipinski definition) is 4. The van der Waals surface area contributed by atoms with E-state index in [0.29, 0.717) is 22.2 Å². The van der Waals surface area contributed by atoms with Crippen LogP contribution in [-0.2, 0) is 19.7 Å². The van der Waals surface area contributed by atoms with Crippen molar-refractivity contribution in [2.75, 3.05) is 5.32 Å². The molecule has 34 heavy (non-hydrogen) atoms. The van der Waals surface area contributed by atoms with E-state index in [9.17, 15) is 9.59 Å². The van der Waals surface area contributed by atoms with Crippen LogP contribution in [0.15, 0.2) is 42.5 Å². The fourth-order valence-electron chi connectivity index (χ4n) is 5.46. The van der Waals surface area contributed by atoms with E-state index in [1.165, 1.54) is 0 Å². The molecule has 2 aromatic carbocycles. The van der Waals surface area contributed by atoms with Gasteiger partial charge < -0.3 is 10.1 Å². The number of nitrogens with one attached hydrogen (secondary N) is 2. The van der Waals surface area contributed by atoms with Gasteiger partial charge in [-0.05, 0) is 68.0 Å². The lowest BCUT2D eigenvalue weighted by molar-refractivity contribution is -0.157. The fourth-order valence-corrected chi connectivity index (χ4v) is 5.84. The summed E-state index contributed by atoms with van der Waals surface area (Å²) in [7, 11) is 0. The molecule has 5 nitrogen and oxygen atoms in total. The van der Waals surface area contributed by atoms with E-state index >= 15 is 0 Å². The maximum Gasteiger partial charge on any atom is 0.324 e. The number of carbonyl (C=O) groups excluding carboxylic acids is 2. The second kappa shape index (κ2) is 8.54. The monoisotopic (exact) mass is 502 g/mol. The van der Waals surface area contributed by atoms with Crippen molar-refractivity contribution in [3.05, 3.63) is 63.6 Å². The molecular weight excluding hydrogens is 471 g/mol. The van der Waals surface area contributed by atoms with E-state index < -0.39 is 23.0 Å². The quantitative estimate of drug-likeness (QED) is 0.498. The van der Waals surface area contributed by atoms with Gasteiger partial charge in [-0.2, -0.15) is 0 Å². The molecule has 4 rings (SSSR count). The first-order valence-corrected chi connectivity index (χ1v) is 12.3. The van der Waals surface area contributed by atoms with Crippen molar-refractivity contribution < 1.29 is 14.3 Å². The largest absolute Gasteiger partial charge is 0.459 e. The van der Waals surface area contributed by atoms with Gasteiger partial charge in [0.2, 0.25) is 5.91 Å². The maximum atomic E-state index is 14.0. The molecule has 0 radical (unpaired) electrons. The molecule has 2 aliphatic heterocycles. The molecule has 0 bridgehead atoms. The molecule has 4 atom stereocenters.